The average Bonchev–Trinajstić information content (AvgIpc) is 3.34. The van der Waals surface area contributed by atoms with Crippen LogP contribution < -0.4 is 4.74 Å². The van der Waals surface area contributed by atoms with E-state index in [1.165, 1.54) is 0 Å². The van der Waals surface area contributed by atoms with Crippen molar-refractivity contribution >= 4 is 17.9 Å². The number of nitrogens with zero attached hydrogens (tertiary/aromatic N) is 3. The predicted molar refractivity (Wildman–Crippen MR) is 113 cm³/mol. The number of hydrogen-bond donors (Lipinski definition) is 0. The summed E-state index contributed by atoms with van der Waals surface area (Å²) in [6, 6.07) is 11.2. The molecule has 0 saturated heterocycles. The summed E-state index contributed by atoms with van der Waals surface area (Å²) in [6.07, 6.45) is 1.82. The summed E-state index contributed by atoms with van der Waals surface area (Å²) >= 11 is 0. The molecule has 3 heterocycles. The Hall–Kier alpha value is -3.61. The van der Waals surface area contributed by atoms with Crippen LogP contribution in [0.1, 0.15) is 42.1 Å². The first kappa shape index (κ1) is 19.7. The standard InChI is InChI=1S/C23H23N3O4/c1-13(2)28-19-8-6-17(7-9-19)22-24-20(23(27)29-22)12-18-10-14(3)26(16(18)5)21-11-15(4)30-25-21/h6-13H,1-5H3/b20-12-. The monoisotopic (exact) mass is 405 g/mol. The van der Waals surface area contributed by atoms with E-state index >= 15 is 0 Å². The first-order chi connectivity index (χ1) is 14.3. The van der Waals surface area contributed by atoms with E-state index in [2.05, 4.69) is 10.1 Å². The van der Waals surface area contributed by atoms with Crippen molar-refractivity contribution < 1.29 is 18.8 Å². The average molecular weight is 405 g/mol. The molecule has 2 aromatic heterocycles. The Morgan fingerprint density at radius 3 is 2.47 bits per heavy atom. The van der Waals surface area contributed by atoms with Crippen LogP contribution in [0.2, 0.25) is 0 Å². The molecule has 0 saturated carbocycles. The largest absolute Gasteiger partial charge is 0.491 e. The molecule has 0 unspecified atom stereocenters. The number of aromatic nitrogens is 2. The Balaban J connectivity index is 1.63. The summed E-state index contributed by atoms with van der Waals surface area (Å²) in [4.78, 5) is 16.8. The van der Waals surface area contributed by atoms with Crippen molar-refractivity contribution in [2.45, 2.75) is 40.7 Å². The van der Waals surface area contributed by atoms with Crippen molar-refractivity contribution in [3.63, 3.8) is 0 Å². The molecule has 7 heteroatoms. The SMILES string of the molecule is Cc1cc(-n2c(C)cc(/C=C3\N=C(c4ccc(OC(C)C)cc4)OC3=O)c2C)no1. The number of carbonyl (C=O) groups excluding carboxylic acids is 1. The van der Waals surface area contributed by atoms with Crippen LogP contribution in [0, 0.1) is 20.8 Å². The minimum Gasteiger partial charge on any atom is -0.491 e. The number of carbonyl (C=O) groups is 1. The molecule has 7 nitrogen and oxygen atoms in total. The minimum absolute atomic E-state index is 0.0900. The van der Waals surface area contributed by atoms with E-state index in [1.807, 2.05) is 75.6 Å². The first-order valence-electron chi connectivity index (χ1n) is 9.74. The quantitative estimate of drug-likeness (QED) is 0.461. The lowest BCUT2D eigenvalue weighted by atomic mass is 10.2. The molecule has 154 valence electrons. The highest BCUT2D eigenvalue weighted by atomic mass is 16.6. The lowest BCUT2D eigenvalue weighted by molar-refractivity contribution is -0.129. The van der Waals surface area contributed by atoms with Gasteiger partial charge in [0.2, 0.25) is 5.90 Å². The first-order valence-corrected chi connectivity index (χ1v) is 9.74. The van der Waals surface area contributed by atoms with E-state index in [1.54, 1.807) is 6.08 Å². The molecular weight excluding hydrogens is 382 g/mol. The lowest BCUT2D eigenvalue weighted by Crippen LogP contribution is -2.07. The summed E-state index contributed by atoms with van der Waals surface area (Å²) in [5.41, 5.74) is 3.74. The highest BCUT2D eigenvalue weighted by Gasteiger charge is 2.25. The number of esters is 1. The summed E-state index contributed by atoms with van der Waals surface area (Å²) in [5, 5.41) is 4.08. The van der Waals surface area contributed by atoms with E-state index in [9.17, 15) is 4.79 Å². The van der Waals surface area contributed by atoms with Gasteiger partial charge in [-0.2, -0.15) is 0 Å². The normalized spacial score (nSPS) is 15.1. The molecule has 0 radical (unpaired) electrons. The Morgan fingerprint density at radius 1 is 1.10 bits per heavy atom. The third-order valence-corrected chi connectivity index (χ3v) is 4.70. The van der Waals surface area contributed by atoms with Crippen LogP contribution in [0.3, 0.4) is 0 Å². The molecule has 3 aromatic rings. The maximum Gasteiger partial charge on any atom is 0.363 e. The van der Waals surface area contributed by atoms with Crippen molar-refractivity contribution in [3.8, 4) is 11.6 Å². The van der Waals surface area contributed by atoms with Crippen LogP contribution >= 0.6 is 0 Å². The summed E-state index contributed by atoms with van der Waals surface area (Å²) in [7, 11) is 0. The van der Waals surface area contributed by atoms with Gasteiger partial charge in [0.05, 0.1) is 6.10 Å². The van der Waals surface area contributed by atoms with Gasteiger partial charge in [-0.15, -0.1) is 0 Å². The van der Waals surface area contributed by atoms with Gasteiger partial charge in [0.15, 0.2) is 11.5 Å². The van der Waals surface area contributed by atoms with Crippen molar-refractivity contribution in [2.24, 2.45) is 4.99 Å². The third kappa shape index (κ3) is 3.78. The van der Waals surface area contributed by atoms with Crippen LogP contribution in [-0.4, -0.2) is 27.7 Å². The predicted octanol–water partition coefficient (Wildman–Crippen LogP) is 4.52. The van der Waals surface area contributed by atoms with Crippen molar-refractivity contribution in [1.82, 2.24) is 9.72 Å². The van der Waals surface area contributed by atoms with Crippen LogP contribution in [0.4, 0.5) is 0 Å². The van der Waals surface area contributed by atoms with Gasteiger partial charge in [0, 0.05) is 23.0 Å². The maximum absolute atomic E-state index is 12.4. The van der Waals surface area contributed by atoms with Gasteiger partial charge < -0.3 is 14.0 Å². The van der Waals surface area contributed by atoms with Crippen molar-refractivity contribution in [3.05, 3.63) is 70.4 Å². The van der Waals surface area contributed by atoms with Gasteiger partial charge in [-0.25, -0.2) is 9.79 Å². The Kier molecular flexibility index (Phi) is 5.03. The zero-order valence-corrected chi connectivity index (χ0v) is 17.6. The van der Waals surface area contributed by atoms with Crippen molar-refractivity contribution in [1.29, 1.82) is 0 Å². The highest BCUT2D eigenvalue weighted by molar-refractivity contribution is 6.12. The number of benzene rings is 1. The van der Waals surface area contributed by atoms with Crippen LogP contribution in [-0.2, 0) is 9.53 Å². The Bertz CT molecular complexity index is 1160. The number of rotatable bonds is 5. The molecule has 0 amide bonds. The zero-order valence-electron chi connectivity index (χ0n) is 17.6. The second-order valence-corrected chi connectivity index (χ2v) is 7.48. The lowest BCUT2D eigenvalue weighted by Gasteiger charge is -2.09. The highest BCUT2D eigenvalue weighted by Crippen LogP contribution is 2.26. The van der Waals surface area contributed by atoms with E-state index < -0.39 is 5.97 Å². The number of aliphatic imine (C=N–C) groups is 1. The molecule has 1 aliphatic rings. The molecule has 30 heavy (non-hydrogen) atoms. The van der Waals surface area contributed by atoms with Gasteiger partial charge in [-0.3, -0.25) is 4.57 Å². The molecule has 0 spiro atoms. The second-order valence-electron chi connectivity index (χ2n) is 7.48. The zero-order chi connectivity index (χ0) is 21.4. The van der Waals surface area contributed by atoms with E-state index in [0.29, 0.717) is 11.4 Å². The summed E-state index contributed by atoms with van der Waals surface area (Å²) in [5.74, 6) is 1.99. The minimum atomic E-state index is -0.477. The molecule has 0 bridgehead atoms. The van der Waals surface area contributed by atoms with Gasteiger partial charge in [-0.05, 0) is 76.6 Å². The van der Waals surface area contributed by atoms with Crippen LogP contribution in [0.25, 0.3) is 11.9 Å². The summed E-state index contributed by atoms with van der Waals surface area (Å²) < 4.78 is 18.2. The number of aryl methyl sites for hydroxylation is 2. The fraction of sp³-hybridized carbons (Fsp3) is 0.261. The number of hydrogen-bond acceptors (Lipinski definition) is 6. The Morgan fingerprint density at radius 2 is 1.83 bits per heavy atom. The van der Waals surface area contributed by atoms with Gasteiger partial charge in [-0.1, -0.05) is 5.16 Å². The number of cyclic esters (lactones) is 1. The molecule has 0 N–H and O–H groups in total. The number of ether oxygens (including phenoxy) is 2. The van der Waals surface area contributed by atoms with E-state index in [0.717, 1.165) is 28.5 Å². The van der Waals surface area contributed by atoms with Gasteiger partial charge >= 0.3 is 5.97 Å². The molecule has 1 aromatic carbocycles. The Labute approximate surface area is 174 Å². The van der Waals surface area contributed by atoms with Crippen molar-refractivity contribution in [2.75, 3.05) is 0 Å². The van der Waals surface area contributed by atoms with Crippen LogP contribution in [0.5, 0.6) is 5.75 Å². The molecule has 0 fully saturated rings. The fourth-order valence-corrected chi connectivity index (χ4v) is 3.37. The smallest absolute Gasteiger partial charge is 0.363 e. The third-order valence-electron chi connectivity index (χ3n) is 4.70. The molecule has 0 aliphatic carbocycles. The van der Waals surface area contributed by atoms with Crippen LogP contribution in [0.15, 0.2) is 51.6 Å². The fourth-order valence-electron chi connectivity index (χ4n) is 3.37. The topological polar surface area (TPSA) is 78.9 Å². The van der Waals surface area contributed by atoms with Gasteiger partial charge in [0.1, 0.15) is 11.5 Å². The maximum atomic E-state index is 12.4. The van der Waals surface area contributed by atoms with E-state index in [4.69, 9.17) is 14.0 Å². The van der Waals surface area contributed by atoms with E-state index in [-0.39, 0.29) is 17.7 Å². The molecule has 1 aliphatic heterocycles. The molecular formula is C23H23N3O4. The van der Waals surface area contributed by atoms with Gasteiger partial charge in [0.25, 0.3) is 0 Å². The summed E-state index contributed by atoms with van der Waals surface area (Å²) in [6.45, 7) is 9.71. The molecule has 4 rings (SSSR count). The second kappa shape index (κ2) is 7.67. The molecule has 0 atom stereocenters.